The lowest BCUT2D eigenvalue weighted by atomic mass is 10.1. The van der Waals surface area contributed by atoms with Crippen molar-refractivity contribution < 1.29 is 9.53 Å². The summed E-state index contributed by atoms with van der Waals surface area (Å²) in [5.41, 5.74) is 2.00. The summed E-state index contributed by atoms with van der Waals surface area (Å²) in [5.74, 6) is 0.845. The summed E-state index contributed by atoms with van der Waals surface area (Å²) in [4.78, 5) is 28.1. The molecule has 1 unspecified atom stereocenters. The molecule has 146 valence electrons. The van der Waals surface area contributed by atoms with Gasteiger partial charge in [0.2, 0.25) is 0 Å². The standard InChI is InChI=1S/C19H22N6O3/c1-13-4-5-16(10-14(13)2)28-15(3)19(27)21-8-9-24-18(26)7-6-17(23-24)25-12-20-11-22-25/h4-7,10-12,15H,8-9H2,1-3H3,(H,21,27). The van der Waals surface area contributed by atoms with Crippen LogP contribution in [0.5, 0.6) is 5.75 Å². The molecule has 3 rings (SSSR count). The van der Waals surface area contributed by atoms with Gasteiger partial charge in [-0.05, 0) is 50.1 Å². The van der Waals surface area contributed by atoms with Gasteiger partial charge in [-0.15, -0.1) is 5.10 Å². The van der Waals surface area contributed by atoms with Gasteiger partial charge in [-0.2, -0.15) is 5.10 Å². The fourth-order valence-corrected chi connectivity index (χ4v) is 2.52. The van der Waals surface area contributed by atoms with Gasteiger partial charge in [0.1, 0.15) is 18.4 Å². The molecule has 1 aromatic carbocycles. The number of rotatable bonds is 7. The van der Waals surface area contributed by atoms with E-state index in [4.69, 9.17) is 4.74 Å². The highest BCUT2D eigenvalue weighted by Gasteiger charge is 2.14. The van der Waals surface area contributed by atoms with E-state index < -0.39 is 6.10 Å². The van der Waals surface area contributed by atoms with Crippen molar-refractivity contribution in [2.24, 2.45) is 0 Å². The minimum Gasteiger partial charge on any atom is -0.481 e. The number of ether oxygens (including phenoxy) is 1. The van der Waals surface area contributed by atoms with Gasteiger partial charge in [0.15, 0.2) is 11.9 Å². The number of nitrogens with one attached hydrogen (secondary N) is 1. The quantitative estimate of drug-likeness (QED) is 0.654. The number of amides is 1. The monoisotopic (exact) mass is 382 g/mol. The molecule has 0 radical (unpaired) electrons. The van der Waals surface area contributed by atoms with E-state index in [-0.39, 0.29) is 24.6 Å². The van der Waals surface area contributed by atoms with Gasteiger partial charge in [0.05, 0.1) is 6.54 Å². The Morgan fingerprint density at radius 1 is 1.21 bits per heavy atom. The summed E-state index contributed by atoms with van der Waals surface area (Å²) in [6.07, 6.45) is 2.22. The molecule has 0 spiro atoms. The van der Waals surface area contributed by atoms with Crippen LogP contribution in [-0.2, 0) is 11.3 Å². The van der Waals surface area contributed by atoms with Crippen molar-refractivity contribution in [1.82, 2.24) is 29.9 Å². The highest BCUT2D eigenvalue weighted by atomic mass is 16.5. The zero-order valence-corrected chi connectivity index (χ0v) is 16.0. The molecule has 28 heavy (non-hydrogen) atoms. The first-order valence-electron chi connectivity index (χ1n) is 8.89. The minimum absolute atomic E-state index is 0.226. The molecule has 1 amide bonds. The maximum Gasteiger partial charge on any atom is 0.266 e. The van der Waals surface area contributed by atoms with E-state index in [0.29, 0.717) is 11.6 Å². The first-order valence-corrected chi connectivity index (χ1v) is 8.89. The Hall–Kier alpha value is -3.49. The molecule has 9 nitrogen and oxygen atoms in total. The molecule has 2 heterocycles. The number of aromatic nitrogens is 5. The average molecular weight is 382 g/mol. The van der Waals surface area contributed by atoms with Crippen molar-refractivity contribution >= 4 is 5.91 Å². The molecule has 1 N–H and O–H groups in total. The fraction of sp³-hybridized carbons (Fsp3) is 0.316. The van der Waals surface area contributed by atoms with Crippen LogP contribution in [0.1, 0.15) is 18.1 Å². The fourth-order valence-electron chi connectivity index (χ4n) is 2.52. The Kier molecular flexibility index (Phi) is 5.83. The number of aryl methyl sites for hydroxylation is 2. The smallest absolute Gasteiger partial charge is 0.266 e. The summed E-state index contributed by atoms with van der Waals surface area (Å²) in [7, 11) is 0. The second-order valence-corrected chi connectivity index (χ2v) is 6.39. The van der Waals surface area contributed by atoms with Gasteiger partial charge in [-0.25, -0.2) is 14.3 Å². The number of carbonyl (C=O) groups excluding carboxylic acids is 1. The van der Waals surface area contributed by atoms with Gasteiger partial charge < -0.3 is 10.1 Å². The highest BCUT2D eigenvalue weighted by Crippen LogP contribution is 2.17. The van der Waals surface area contributed by atoms with Crippen molar-refractivity contribution in [3.05, 3.63) is 64.5 Å². The molecular formula is C19H22N6O3. The maximum atomic E-state index is 12.3. The summed E-state index contributed by atoms with van der Waals surface area (Å²) < 4.78 is 8.41. The third-order valence-corrected chi connectivity index (χ3v) is 4.29. The van der Waals surface area contributed by atoms with E-state index >= 15 is 0 Å². The number of nitrogens with zero attached hydrogens (tertiary/aromatic N) is 5. The predicted molar refractivity (Wildman–Crippen MR) is 102 cm³/mol. The summed E-state index contributed by atoms with van der Waals surface area (Å²) in [6, 6.07) is 8.65. The number of hydrogen-bond acceptors (Lipinski definition) is 6. The molecule has 0 bridgehead atoms. The average Bonchev–Trinajstić information content (AvgIpc) is 3.21. The van der Waals surface area contributed by atoms with Gasteiger partial charge >= 0.3 is 0 Å². The molecule has 1 atom stereocenters. The first-order chi connectivity index (χ1) is 13.4. The zero-order valence-electron chi connectivity index (χ0n) is 16.0. The normalized spacial score (nSPS) is 11.8. The Labute approximate surface area is 162 Å². The topological polar surface area (TPSA) is 104 Å². The van der Waals surface area contributed by atoms with Crippen molar-refractivity contribution in [2.45, 2.75) is 33.4 Å². The third kappa shape index (κ3) is 4.61. The summed E-state index contributed by atoms with van der Waals surface area (Å²) in [5, 5.41) is 11.0. The molecule has 0 fully saturated rings. The Morgan fingerprint density at radius 3 is 2.75 bits per heavy atom. The molecule has 0 aliphatic heterocycles. The Morgan fingerprint density at radius 2 is 2.04 bits per heavy atom. The lowest BCUT2D eigenvalue weighted by molar-refractivity contribution is -0.127. The lowest BCUT2D eigenvalue weighted by Crippen LogP contribution is -2.39. The van der Waals surface area contributed by atoms with E-state index in [1.54, 1.807) is 13.0 Å². The van der Waals surface area contributed by atoms with Crippen LogP contribution in [0.25, 0.3) is 5.82 Å². The molecule has 0 aliphatic carbocycles. The van der Waals surface area contributed by atoms with Gasteiger partial charge in [0, 0.05) is 12.6 Å². The van der Waals surface area contributed by atoms with Crippen molar-refractivity contribution in [1.29, 1.82) is 0 Å². The van der Waals surface area contributed by atoms with E-state index in [2.05, 4.69) is 20.5 Å². The largest absolute Gasteiger partial charge is 0.481 e. The van der Waals surface area contributed by atoms with Crippen LogP contribution in [0, 0.1) is 13.8 Å². The van der Waals surface area contributed by atoms with E-state index in [1.165, 1.54) is 28.1 Å². The van der Waals surface area contributed by atoms with Gasteiger partial charge in [0.25, 0.3) is 11.5 Å². The van der Waals surface area contributed by atoms with Crippen LogP contribution in [0.15, 0.2) is 47.8 Å². The van der Waals surface area contributed by atoms with Gasteiger partial charge in [-0.3, -0.25) is 9.59 Å². The van der Waals surface area contributed by atoms with Crippen LogP contribution in [0.2, 0.25) is 0 Å². The SMILES string of the molecule is Cc1ccc(OC(C)C(=O)NCCn2nc(-n3cncn3)ccc2=O)cc1C. The van der Waals surface area contributed by atoms with Crippen LogP contribution >= 0.6 is 0 Å². The second kappa shape index (κ2) is 8.47. The van der Waals surface area contributed by atoms with Crippen LogP contribution in [0.3, 0.4) is 0 Å². The number of benzene rings is 1. The molecule has 0 saturated carbocycles. The predicted octanol–water partition coefficient (Wildman–Crippen LogP) is 1.02. The molecule has 3 aromatic rings. The first kappa shape index (κ1) is 19.3. The summed E-state index contributed by atoms with van der Waals surface area (Å²) >= 11 is 0. The summed E-state index contributed by atoms with van der Waals surface area (Å²) in [6.45, 7) is 6.16. The third-order valence-electron chi connectivity index (χ3n) is 4.29. The minimum atomic E-state index is -0.659. The lowest BCUT2D eigenvalue weighted by Gasteiger charge is -2.16. The van der Waals surface area contributed by atoms with E-state index in [9.17, 15) is 9.59 Å². The molecule has 0 aliphatic rings. The van der Waals surface area contributed by atoms with Crippen molar-refractivity contribution in [3.8, 4) is 11.6 Å². The molecular weight excluding hydrogens is 360 g/mol. The molecule has 9 heteroatoms. The van der Waals surface area contributed by atoms with E-state index in [0.717, 1.165) is 11.1 Å². The van der Waals surface area contributed by atoms with Crippen LogP contribution < -0.4 is 15.6 Å². The Bertz CT molecular complexity index is 1010. The Balaban J connectivity index is 1.55. The number of carbonyl (C=O) groups is 1. The zero-order chi connectivity index (χ0) is 20.1. The van der Waals surface area contributed by atoms with Crippen LogP contribution in [0.4, 0.5) is 0 Å². The maximum absolute atomic E-state index is 12.3. The second-order valence-electron chi connectivity index (χ2n) is 6.39. The molecule has 0 saturated heterocycles. The van der Waals surface area contributed by atoms with Gasteiger partial charge in [-0.1, -0.05) is 6.07 Å². The highest BCUT2D eigenvalue weighted by molar-refractivity contribution is 5.80. The van der Waals surface area contributed by atoms with Crippen molar-refractivity contribution in [2.75, 3.05) is 6.54 Å². The van der Waals surface area contributed by atoms with Crippen LogP contribution in [-0.4, -0.2) is 43.1 Å². The van der Waals surface area contributed by atoms with Crippen molar-refractivity contribution in [3.63, 3.8) is 0 Å². The van der Waals surface area contributed by atoms with E-state index in [1.807, 2.05) is 32.0 Å². The molecule has 2 aromatic heterocycles. The number of hydrogen-bond donors (Lipinski definition) is 1.